The topological polar surface area (TPSA) is 52.0 Å². The molecule has 1 fully saturated rings. The third kappa shape index (κ3) is 3.17. The van der Waals surface area contributed by atoms with E-state index in [9.17, 15) is 0 Å². The molecule has 5 heteroatoms. The average Bonchev–Trinajstić information content (AvgIpc) is 3.51. The number of pyridine rings is 1. The van der Waals surface area contributed by atoms with Crippen LogP contribution in [-0.2, 0) is 12.8 Å². The number of hydrogen-bond donors (Lipinski definition) is 1. The zero-order valence-electron chi connectivity index (χ0n) is 17.3. The van der Waals surface area contributed by atoms with Gasteiger partial charge in [-0.15, -0.1) is 0 Å². The maximum Gasteiger partial charge on any atom is 0.213 e. The van der Waals surface area contributed by atoms with Crippen LogP contribution in [-0.4, -0.2) is 20.6 Å². The van der Waals surface area contributed by atoms with Gasteiger partial charge in [-0.2, -0.15) is 0 Å². The van der Waals surface area contributed by atoms with Gasteiger partial charge in [0.25, 0.3) is 0 Å². The number of fused-ring (bicyclic) bond motifs is 3. The third-order valence-electron chi connectivity index (χ3n) is 6.93. The largest absolute Gasteiger partial charge is 0.474 e. The van der Waals surface area contributed by atoms with Gasteiger partial charge in [-0.05, 0) is 62.1 Å². The molecule has 1 aliphatic carbocycles. The molecule has 0 saturated heterocycles. The molecular weight excluding hydrogens is 372 g/mol. The van der Waals surface area contributed by atoms with Crippen molar-refractivity contribution in [2.24, 2.45) is 0 Å². The summed E-state index contributed by atoms with van der Waals surface area (Å²) in [5, 5.41) is 3.83. The fourth-order valence-corrected chi connectivity index (χ4v) is 5.41. The first-order chi connectivity index (χ1) is 14.8. The van der Waals surface area contributed by atoms with Crippen LogP contribution in [0.5, 0.6) is 5.88 Å². The van der Waals surface area contributed by atoms with Gasteiger partial charge in [0.2, 0.25) is 5.88 Å². The molecule has 2 aliphatic heterocycles. The first kappa shape index (κ1) is 18.0. The van der Waals surface area contributed by atoms with Crippen molar-refractivity contribution in [3.8, 4) is 5.88 Å². The van der Waals surface area contributed by atoms with Crippen LogP contribution in [0.3, 0.4) is 0 Å². The van der Waals surface area contributed by atoms with Crippen LogP contribution in [0.15, 0.2) is 48.7 Å². The molecule has 0 bridgehead atoms. The number of rotatable bonds is 4. The zero-order valence-corrected chi connectivity index (χ0v) is 17.3. The van der Waals surface area contributed by atoms with Gasteiger partial charge in [-0.25, -0.2) is 9.97 Å². The van der Waals surface area contributed by atoms with Gasteiger partial charge in [-0.3, -0.25) is 0 Å². The molecule has 154 valence electrons. The molecule has 6 rings (SSSR count). The van der Waals surface area contributed by atoms with Gasteiger partial charge in [0.1, 0.15) is 17.7 Å². The first-order valence-corrected chi connectivity index (χ1v) is 11.4. The van der Waals surface area contributed by atoms with Gasteiger partial charge in [0, 0.05) is 18.7 Å². The molecule has 1 N–H and O–H groups in total. The molecular formula is C25H28N4O. The summed E-state index contributed by atoms with van der Waals surface area (Å²) >= 11 is 0. The van der Waals surface area contributed by atoms with Crippen molar-refractivity contribution in [2.45, 2.75) is 69.6 Å². The predicted molar refractivity (Wildman–Crippen MR) is 117 cm³/mol. The summed E-state index contributed by atoms with van der Waals surface area (Å²) in [4.78, 5) is 9.46. The second-order valence-electron chi connectivity index (χ2n) is 8.85. The Labute approximate surface area is 177 Å². The lowest BCUT2D eigenvalue weighted by atomic mass is 9.98. The van der Waals surface area contributed by atoms with E-state index < -0.39 is 0 Å². The molecule has 0 amide bonds. The molecule has 2 atom stereocenters. The normalized spacial score (nSPS) is 23.1. The van der Waals surface area contributed by atoms with Gasteiger partial charge in [0.15, 0.2) is 0 Å². The van der Waals surface area contributed by atoms with Crippen LogP contribution >= 0.6 is 0 Å². The summed E-state index contributed by atoms with van der Waals surface area (Å²) < 4.78 is 8.61. The number of hydrogen-bond acceptors (Lipinski definition) is 4. The Morgan fingerprint density at radius 1 is 0.933 bits per heavy atom. The first-order valence-electron chi connectivity index (χ1n) is 11.4. The van der Waals surface area contributed by atoms with Crippen molar-refractivity contribution in [3.05, 3.63) is 71.3 Å². The lowest BCUT2D eigenvalue weighted by molar-refractivity contribution is 0.201. The van der Waals surface area contributed by atoms with Crippen LogP contribution < -0.4 is 10.1 Å². The summed E-state index contributed by atoms with van der Waals surface area (Å²) in [6.45, 7) is 0. The second-order valence-corrected chi connectivity index (χ2v) is 8.85. The highest BCUT2D eigenvalue weighted by Gasteiger charge is 2.33. The number of ether oxygens (including phenoxy) is 1. The van der Waals surface area contributed by atoms with E-state index in [4.69, 9.17) is 9.72 Å². The van der Waals surface area contributed by atoms with Crippen LogP contribution in [0.25, 0.3) is 0 Å². The lowest BCUT2D eigenvalue weighted by Gasteiger charge is -2.28. The van der Waals surface area contributed by atoms with E-state index in [2.05, 4.69) is 57.3 Å². The number of nitrogens with one attached hydrogen (secondary N) is 1. The van der Waals surface area contributed by atoms with Crippen LogP contribution in [0, 0.1) is 0 Å². The van der Waals surface area contributed by atoms with E-state index in [-0.39, 0.29) is 6.04 Å². The average molecular weight is 401 g/mol. The Hall–Kier alpha value is -2.82. The van der Waals surface area contributed by atoms with Gasteiger partial charge in [0.05, 0.1) is 17.8 Å². The quantitative estimate of drug-likeness (QED) is 0.651. The van der Waals surface area contributed by atoms with Crippen LogP contribution in [0.4, 0.5) is 5.82 Å². The SMILES string of the molecule is c1ccc(C2CCc3nc4c(n32)N[C@@H](c2ccnc(OC3CCCC3)c2)CC4)cc1. The molecule has 1 unspecified atom stereocenters. The maximum atomic E-state index is 6.15. The molecule has 1 aromatic carbocycles. The van der Waals surface area contributed by atoms with Crippen molar-refractivity contribution in [1.82, 2.24) is 14.5 Å². The van der Waals surface area contributed by atoms with Crippen molar-refractivity contribution in [2.75, 3.05) is 5.32 Å². The van der Waals surface area contributed by atoms with Crippen LogP contribution in [0.2, 0.25) is 0 Å². The van der Waals surface area contributed by atoms with E-state index in [1.807, 2.05) is 6.20 Å². The highest BCUT2D eigenvalue weighted by Crippen LogP contribution is 2.41. The standard InChI is InChI=1S/C25H28N4O/c1-2-6-17(7-3-1)22-12-13-23-27-21-11-10-20(28-25(21)29(22)23)18-14-15-26-24(16-18)30-19-8-4-5-9-19/h1-3,6-7,14-16,19-20,22,28H,4-5,8-13H2/t20-,22?/m1/s1. The number of aryl methyl sites for hydroxylation is 2. The predicted octanol–water partition coefficient (Wildman–Crippen LogP) is 5.23. The Bertz CT molecular complexity index is 1040. The third-order valence-corrected chi connectivity index (χ3v) is 6.93. The second kappa shape index (κ2) is 7.46. The highest BCUT2D eigenvalue weighted by molar-refractivity contribution is 5.51. The number of anilines is 1. The molecule has 1 saturated carbocycles. The van der Waals surface area contributed by atoms with Crippen LogP contribution in [0.1, 0.15) is 73.3 Å². The molecule has 3 aliphatic rings. The summed E-state index contributed by atoms with van der Waals surface area (Å²) in [6.07, 6.45) is 11.3. The minimum atomic E-state index is 0.268. The van der Waals surface area contributed by atoms with Gasteiger partial charge >= 0.3 is 0 Å². The van der Waals surface area contributed by atoms with E-state index in [1.54, 1.807) is 0 Å². The summed E-state index contributed by atoms with van der Waals surface area (Å²) in [5.74, 6) is 3.21. The summed E-state index contributed by atoms with van der Waals surface area (Å²) in [5.41, 5.74) is 3.85. The number of aromatic nitrogens is 3. The van der Waals surface area contributed by atoms with E-state index >= 15 is 0 Å². The lowest BCUT2D eigenvalue weighted by Crippen LogP contribution is -2.21. The molecule has 5 nitrogen and oxygen atoms in total. The number of nitrogens with zero attached hydrogens (tertiary/aromatic N) is 3. The molecule has 4 heterocycles. The molecule has 0 spiro atoms. The van der Waals surface area contributed by atoms with Crippen molar-refractivity contribution in [3.63, 3.8) is 0 Å². The van der Waals surface area contributed by atoms with Crippen molar-refractivity contribution >= 4 is 5.82 Å². The molecule has 30 heavy (non-hydrogen) atoms. The maximum absolute atomic E-state index is 6.15. The minimum absolute atomic E-state index is 0.268. The van der Waals surface area contributed by atoms with Gasteiger partial charge in [-0.1, -0.05) is 30.3 Å². The van der Waals surface area contributed by atoms with Crippen molar-refractivity contribution in [1.29, 1.82) is 0 Å². The Morgan fingerprint density at radius 3 is 2.67 bits per heavy atom. The van der Waals surface area contributed by atoms with Gasteiger partial charge < -0.3 is 14.6 Å². The summed E-state index contributed by atoms with van der Waals surface area (Å²) in [6, 6.07) is 15.7. The molecule has 3 aromatic rings. The zero-order chi connectivity index (χ0) is 19.9. The number of imidazole rings is 1. The highest BCUT2D eigenvalue weighted by atomic mass is 16.5. The molecule has 0 radical (unpaired) electrons. The minimum Gasteiger partial charge on any atom is -0.474 e. The fourth-order valence-electron chi connectivity index (χ4n) is 5.41. The van der Waals surface area contributed by atoms with Crippen molar-refractivity contribution < 1.29 is 4.74 Å². The van der Waals surface area contributed by atoms with E-state index in [0.717, 1.165) is 44.4 Å². The monoisotopic (exact) mass is 400 g/mol. The van der Waals surface area contributed by atoms with E-state index in [1.165, 1.54) is 41.3 Å². The molecule has 2 aromatic heterocycles. The Morgan fingerprint density at radius 2 is 1.80 bits per heavy atom. The summed E-state index contributed by atoms with van der Waals surface area (Å²) in [7, 11) is 0. The fraction of sp³-hybridized carbons (Fsp3) is 0.440. The van der Waals surface area contributed by atoms with E-state index in [0.29, 0.717) is 12.1 Å². The Kier molecular flexibility index (Phi) is 4.47. The number of benzene rings is 1. The Balaban J connectivity index is 1.27. The smallest absolute Gasteiger partial charge is 0.213 e.